The van der Waals surface area contributed by atoms with Crippen LogP contribution >= 0.6 is 23.4 Å². The lowest BCUT2D eigenvalue weighted by molar-refractivity contribution is -0.113. The summed E-state index contributed by atoms with van der Waals surface area (Å²) in [6.07, 6.45) is 1.45. The van der Waals surface area contributed by atoms with Crippen LogP contribution in [0.1, 0.15) is 12.8 Å². The van der Waals surface area contributed by atoms with Crippen molar-refractivity contribution >= 4 is 61.8 Å². The van der Waals surface area contributed by atoms with Gasteiger partial charge < -0.3 is 10.3 Å². The number of hydrogen-bond donors (Lipinski definition) is 3. The zero-order chi connectivity index (χ0) is 21.1. The number of benzene rings is 2. The first-order valence-corrected chi connectivity index (χ1v) is 12.0. The maximum absolute atomic E-state index is 12.5. The molecule has 3 aromatic rings. The Morgan fingerprint density at radius 1 is 1.23 bits per heavy atom. The van der Waals surface area contributed by atoms with Gasteiger partial charge in [0.2, 0.25) is 5.91 Å². The first kappa shape index (κ1) is 20.7. The molecule has 2 heterocycles. The number of anilines is 1. The maximum atomic E-state index is 12.5. The molecule has 1 amide bonds. The number of aliphatic imine (C=N–C) groups is 1. The van der Waals surface area contributed by atoms with E-state index >= 15 is 0 Å². The summed E-state index contributed by atoms with van der Waals surface area (Å²) in [6, 6.07) is 11.4. The number of amides is 1. The lowest BCUT2D eigenvalue weighted by Gasteiger charge is -2.10. The number of rotatable bonds is 6. The minimum atomic E-state index is -3.74. The highest BCUT2D eigenvalue weighted by Gasteiger charge is 2.19. The number of H-pyrrole nitrogens is 1. The second kappa shape index (κ2) is 8.66. The lowest BCUT2D eigenvalue weighted by Crippen LogP contribution is -2.29. The van der Waals surface area contributed by atoms with Gasteiger partial charge in [-0.05, 0) is 42.8 Å². The lowest BCUT2D eigenvalue weighted by atomic mass is 10.3. The number of nitrogens with zero attached hydrogens (tertiary/aromatic N) is 2. The summed E-state index contributed by atoms with van der Waals surface area (Å²) in [5.41, 5.74) is 1.95. The number of thioether (sulfide) groups is 1. The van der Waals surface area contributed by atoms with Crippen molar-refractivity contribution in [1.82, 2.24) is 14.7 Å². The molecule has 2 aromatic carbocycles. The molecule has 0 saturated carbocycles. The summed E-state index contributed by atoms with van der Waals surface area (Å²) < 4.78 is 27.5. The maximum Gasteiger partial charge on any atom is 0.262 e. The number of aromatic amines is 1. The molecule has 0 unspecified atom stereocenters. The van der Waals surface area contributed by atoms with E-state index < -0.39 is 10.0 Å². The van der Waals surface area contributed by atoms with E-state index in [4.69, 9.17) is 11.6 Å². The van der Waals surface area contributed by atoms with E-state index in [1.54, 1.807) is 30.3 Å². The van der Waals surface area contributed by atoms with Crippen molar-refractivity contribution in [3.63, 3.8) is 0 Å². The van der Waals surface area contributed by atoms with Gasteiger partial charge in [0.15, 0.2) is 5.16 Å². The predicted octanol–water partition coefficient (Wildman–Crippen LogP) is 3.42. The Morgan fingerprint density at radius 3 is 2.90 bits per heavy atom. The van der Waals surface area contributed by atoms with Crippen molar-refractivity contribution in [2.24, 2.45) is 4.99 Å². The summed E-state index contributed by atoms with van der Waals surface area (Å²) in [5.74, 6) is 0.300. The van der Waals surface area contributed by atoms with Gasteiger partial charge in [-0.25, -0.2) is 13.4 Å². The van der Waals surface area contributed by atoms with E-state index in [9.17, 15) is 13.2 Å². The molecule has 1 aliphatic rings. The van der Waals surface area contributed by atoms with Crippen LogP contribution in [0.3, 0.4) is 0 Å². The van der Waals surface area contributed by atoms with Crippen LogP contribution in [-0.2, 0) is 14.8 Å². The molecule has 0 fully saturated rings. The molecule has 8 nitrogen and oxygen atoms in total. The molecule has 1 aliphatic heterocycles. The molecular formula is C19H18ClN5O3S2. The molecule has 1 aromatic heterocycles. The van der Waals surface area contributed by atoms with Gasteiger partial charge >= 0.3 is 0 Å². The van der Waals surface area contributed by atoms with Crippen molar-refractivity contribution in [3.8, 4) is 0 Å². The highest BCUT2D eigenvalue weighted by Crippen LogP contribution is 2.23. The quantitative estimate of drug-likeness (QED) is 0.484. The summed E-state index contributed by atoms with van der Waals surface area (Å²) >= 11 is 7.21. The van der Waals surface area contributed by atoms with Crippen molar-refractivity contribution in [3.05, 3.63) is 47.5 Å². The van der Waals surface area contributed by atoms with Crippen LogP contribution in [0.15, 0.2) is 57.5 Å². The van der Waals surface area contributed by atoms with E-state index in [1.807, 2.05) is 0 Å². The average Bonchev–Trinajstić information content (AvgIpc) is 3.35. The molecule has 0 spiro atoms. The van der Waals surface area contributed by atoms with E-state index in [0.29, 0.717) is 34.7 Å². The van der Waals surface area contributed by atoms with E-state index in [2.05, 4.69) is 25.0 Å². The van der Waals surface area contributed by atoms with Gasteiger partial charge in [0.1, 0.15) is 5.84 Å². The van der Waals surface area contributed by atoms with Gasteiger partial charge in [-0.1, -0.05) is 29.4 Å². The van der Waals surface area contributed by atoms with Crippen LogP contribution < -0.4 is 10.0 Å². The number of carbonyl (C=O) groups excluding carboxylic acids is 1. The standard InChI is InChI=1S/C19H18ClN5O3S2/c20-12-6-7-15-16(9-12)24-19(23-15)29-11-18(26)22-13-3-1-4-14(10-13)30(27,28)25-17-5-2-8-21-17/h1,3-4,6-7,9-10H,2,5,8,11H2,(H,21,25)(H,22,26)(H,23,24). The fourth-order valence-electron chi connectivity index (χ4n) is 2.94. The first-order chi connectivity index (χ1) is 14.4. The van der Waals surface area contributed by atoms with Crippen LogP contribution in [0.5, 0.6) is 0 Å². The number of carbonyl (C=O) groups is 1. The number of aromatic nitrogens is 2. The van der Waals surface area contributed by atoms with Crippen molar-refractivity contribution in [2.75, 3.05) is 17.6 Å². The van der Waals surface area contributed by atoms with Crippen LogP contribution in [0.2, 0.25) is 5.02 Å². The molecule has 156 valence electrons. The molecule has 11 heteroatoms. The Balaban J connectivity index is 1.38. The molecule has 0 atom stereocenters. The third kappa shape index (κ3) is 4.94. The summed E-state index contributed by atoms with van der Waals surface area (Å²) in [6.45, 7) is 0.629. The van der Waals surface area contributed by atoms with E-state index in [0.717, 1.165) is 17.5 Å². The molecule has 4 rings (SSSR count). The van der Waals surface area contributed by atoms with Crippen molar-refractivity contribution < 1.29 is 13.2 Å². The summed E-state index contributed by atoms with van der Waals surface area (Å²) in [7, 11) is -3.74. The van der Waals surface area contributed by atoms with Gasteiger partial charge in [-0.2, -0.15) is 0 Å². The Hall–Kier alpha value is -2.56. The minimum Gasteiger partial charge on any atom is -0.333 e. The number of amidine groups is 1. The minimum absolute atomic E-state index is 0.0664. The zero-order valence-electron chi connectivity index (χ0n) is 15.7. The topological polar surface area (TPSA) is 116 Å². The number of imidazole rings is 1. The molecule has 0 saturated heterocycles. The fourth-order valence-corrected chi connectivity index (χ4v) is 4.93. The summed E-state index contributed by atoms with van der Waals surface area (Å²) in [5, 5.41) is 3.92. The zero-order valence-corrected chi connectivity index (χ0v) is 18.1. The van der Waals surface area contributed by atoms with Gasteiger partial charge in [-0.15, -0.1) is 0 Å². The molecule has 0 bridgehead atoms. The second-order valence-corrected chi connectivity index (χ2v) is 9.69. The SMILES string of the molecule is O=C(CSc1nc2ccc(Cl)cc2[nH]1)Nc1cccc(S(=O)(=O)NC2=NCCC2)c1. The largest absolute Gasteiger partial charge is 0.333 e. The third-order valence-electron chi connectivity index (χ3n) is 4.32. The van der Waals surface area contributed by atoms with Crippen molar-refractivity contribution in [2.45, 2.75) is 22.9 Å². The smallest absolute Gasteiger partial charge is 0.262 e. The third-order valence-corrected chi connectivity index (χ3v) is 6.80. The second-order valence-electron chi connectivity index (χ2n) is 6.61. The number of sulfonamides is 1. The Kier molecular flexibility index (Phi) is 5.98. The highest BCUT2D eigenvalue weighted by atomic mass is 35.5. The predicted molar refractivity (Wildman–Crippen MR) is 119 cm³/mol. The van der Waals surface area contributed by atoms with Crippen LogP contribution in [0.25, 0.3) is 11.0 Å². The van der Waals surface area contributed by atoms with Gasteiger partial charge in [0.05, 0.1) is 21.7 Å². The number of fused-ring (bicyclic) bond motifs is 1. The Labute approximate surface area is 182 Å². The van der Waals surface area contributed by atoms with E-state index in [1.165, 1.54) is 23.9 Å². The number of hydrogen-bond acceptors (Lipinski definition) is 6. The average molecular weight is 464 g/mol. The normalized spacial score (nSPS) is 14.0. The van der Waals surface area contributed by atoms with Gasteiger partial charge in [0, 0.05) is 23.7 Å². The van der Waals surface area contributed by atoms with Crippen LogP contribution in [0, 0.1) is 0 Å². The van der Waals surface area contributed by atoms with Gasteiger partial charge in [-0.3, -0.25) is 14.5 Å². The molecule has 3 N–H and O–H groups in total. The molecular weight excluding hydrogens is 446 g/mol. The van der Waals surface area contributed by atoms with Gasteiger partial charge in [0.25, 0.3) is 10.0 Å². The Bertz CT molecular complexity index is 1240. The molecule has 30 heavy (non-hydrogen) atoms. The van der Waals surface area contributed by atoms with Crippen LogP contribution in [0.4, 0.5) is 5.69 Å². The van der Waals surface area contributed by atoms with Crippen molar-refractivity contribution in [1.29, 1.82) is 0 Å². The molecule has 0 radical (unpaired) electrons. The molecule has 0 aliphatic carbocycles. The first-order valence-electron chi connectivity index (χ1n) is 9.13. The Morgan fingerprint density at radius 2 is 2.10 bits per heavy atom. The number of halogens is 1. The summed E-state index contributed by atoms with van der Waals surface area (Å²) in [4.78, 5) is 24.0. The number of nitrogens with one attached hydrogen (secondary N) is 3. The fraction of sp³-hybridized carbons (Fsp3) is 0.211. The monoisotopic (exact) mass is 463 g/mol. The highest BCUT2D eigenvalue weighted by molar-refractivity contribution is 7.99. The van der Waals surface area contributed by atoms with E-state index in [-0.39, 0.29) is 16.6 Å². The van der Waals surface area contributed by atoms with Crippen LogP contribution in [-0.4, -0.2) is 42.4 Å².